The summed E-state index contributed by atoms with van der Waals surface area (Å²) in [6.07, 6.45) is 0.630. The Morgan fingerprint density at radius 2 is 2.18 bits per heavy atom. The van der Waals surface area contributed by atoms with Crippen LogP contribution in [0.2, 0.25) is 0 Å². The van der Waals surface area contributed by atoms with Crippen LogP contribution in [0.15, 0.2) is 14.1 Å². The lowest BCUT2D eigenvalue weighted by Crippen LogP contribution is -2.28. The highest BCUT2D eigenvalue weighted by molar-refractivity contribution is 9.11. The summed E-state index contributed by atoms with van der Waals surface area (Å²) in [5.41, 5.74) is 6.48. The van der Waals surface area contributed by atoms with Crippen molar-refractivity contribution >= 4 is 49.7 Å². The minimum atomic E-state index is -3.37. The van der Waals surface area contributed by atoms with E-state index in [9.17, 15) is 8.42 Å². The Balaban J connectivity index is 0.00000256. The molecule has 0 fully saturated rings. The zero-order valence-electron chi connectivity index (χ0n) is 9.57. The number of thiophene rings is 1. The predicted molar refractivity (Wildman–Crippen MR) is 77.5 cm³/mol. The molecule has 1 heterocycles. The summed E-state index contributed by atoms with van der Waals surface area (Å²) in [4.78, 5) is 0. The average molecular weight is 364 g/mol. The van der Waals surface area contributed by atoms with Crippen molar-refractivity contribution in [2.24, 2.45) is 5.73 Å². The number of rotatable bonds is 5. The van der Waals surface area contributed by atoms with Gasteiger partial charge in [0, 0.05) is 12.6 Å². The minimum absolute atomic E-state index is 0. The lowest BCUT2D eigenvalue weighted by Gasteiger charge is -2.06. The number of sulfonamides is 1. The molecular formula is C9H16BrClN2O2S2. The summed E-state index contributed by atoms with van der Waals surface area (Å²) in [6, 6.07) is 1.66. The van der Waals surface area contributed by atoms with Gasteiger partial charge in [-0.15, -0.1) is 23.7 Å². The van der Waals surface area contributed by atoms with E-state index in [-0.39, 0.29) is 18.4 Å². The van der Waals surface area contributed by atoms with E-state index in [1.54, 1.807) is 6.07 Å². The summed E-state index contributed by atoms with van der Waals surface area (Å²) in [5, 5.41) is 0. The van der Waals surface area contributed by atoms with Gasteiger partial charge in [-0.1, -0.05) is 0 Å². The molecular weight excluding hydrogens is 348 g/mol. The fraction of sp³-hybridized carbons (Fsp3) is 0.556. The molecule has 0 amide bonds. The molecule has 0 saturated heterocycles. The summed E-state index contributed by atoms with van der Waals surface area (Å²) < 4.78 is 27.3. The van der Waals surface area contributed by atoms with Crippen LogP contribution in [0.4, 0.5) is 0 Å². The molecule has 0 aliphatic rings. The van der Waals surface area contributed by atoms with Crippen LogP contribution in [0.1, 0.15) is 18.9 Å². The van der Waals surface area contributed by atoms with Crippen LogP contribution in [0, 0.1) is 6.92 Å². The third-order valence-electron chi connectivity index (χ3n) is 1.99. The second-order valence-corrected chi connectivity index (χ2v) is 8.05. The molecule has 17 heavy (non-hydrogen) atoms. The molecule has 0 saturated carbocycles. The van der Waals surface area contributed by atoms with Crippen LogP contribution in [-0.2, 0) is 10.0 Å². The van der Waals surface area contributed by atoms with E-state index in [0.717, 1.165) is 9.35 Å². The first kappa shape index (κ1) is 17.3. The molecule has 1 aromatic rings. The number of hydrogen-bond donors (Lipinski definition) is 2. The van der Waals surface area contributed by atoms with E-state index in [4.69, 9.17) is 5.73 Å². The Morgan fingerprint density at radius 1 is 1.59 bits per heavy atom. The molecule has 0 spiro atoms. The van der Waals surface area contributed by atoms with Crippen molar-refractivity contribution < 1.29 is 8.42 Å². The third-order valence-corrected chi connectivity index (χ3v) is 6.06. The molecule has 0 radical (unpaired) electrons. The van der Waals surface area contributed by atoms with Crippen LogP contribution in [0.25, 0.3) is 0 Å². The van der Waals surface area contributed by atoms with Gasteiger partial charge in [0.25, 0.3) is 0 Å². The molecule has 0 bridgehead atoms. The lowest BCUT2D eigenvalue weighted by atomic mass is 10.3. The van der Waals surface area contributed by atoms with Crippen LogP contribution in [0.3, 0.4) is 0 Å². The Bertz CT molecular complexity index is 440. The topological polar surface area (TPSA) is 72.2 Å². The lowest BCUT2D eigenvalue weighted by molar-refractivity contribution is 0.573. The molecule has 100 valence electrons. The van der Waals surface area contributed by atoms with Gasteiger partial charge in [-0.2, -0.15) is 0 Å². The van der Waals surface area contributed by atoms with Gasteiger partial charge in [0.1, 0.15) is 4.21 Å². The van der Waals surface area contributed by atoms with E-state index < -0.39 is 10.0 Å². The van der Waals surface area contributed by atoms with Crippen molar-refractivity contribution in [2.45, 2.75) is 30.5 Å². The number of halogens is 2. The standard InChI is InChI=1S/C9H15BrN2O2S2.ClH/c1-6-5-8(15-9(6)10)16(13,14)12-4-3-7(2)11;/h5,7,12H,3-4,11H2,1-2H3;1H. The van der Waals surface area contributed by atoms with Gasteiger partial charge in [-0.05, 0) is 47.8 Å². The molecule has 0 aliphatic carbocycles. The quantitative estimate of drug-likeness (QED) is 0.843. The highest BCUT2D eigenvalue weighted by Gasteiger charge is 2.17. The normalized spacial score (nSPS) is 13.2. The van der Waals surface area contributed by atoms with Crippen molar-refractivity contribution in [3.63, 3.8) is 0 Å². The molecule has 0 aliphatic heterocycles. The van der Waals surface area contributed by atoms with Crippen LogP contribution in [-0.4, -0.2) is 21.0 Å². The first-order valence-electron chi connectivity index (χ1n) is 4.84. The van der Waals surface area contributed by atoms with Crippen LogP contribution in [0.5, 0.6) is 0 Å². The van der Waals surface area contributed by atoms with E-state index in [1.807, 2.05) is 13.8 Å². The van der Waals surface area contributed by atoms with Gasteiger partial charge in [0.2, 0.25) is 10.0 Å². The zero-order valence-corrected chi connectivity index (χ0v) is 13.6. The van der Waals surface area contributed by atoms with Gasteiger partial charge in [-0.25, -0.2) is 13.1 Å². The highest BCUT2D eigenvalue weighted by atomic mass is 79.9. The minimum Gasteiger partial charge on any atom is -0.328 e. The van der Waals surface area contributed by atoms with Gasteiger partial charge in [-0.3, -0.25) is 0 Å². The number of hydrogen-bond acceptors (Lipinski definition) is 4. The maximum absolute atomic E-state index is 11.8. The van der Waals surface area contributed by atoms with Gasteiger partial charge >= 0.3 is 0 Å². The van der Waals surface area contributed by atoms with E-state index >= 15 is 0 Å². The van der Waals surface area contributed by atoms with E-state index in [0.29, 0.717) is 17.2 Å². The zero-order chi connectivity index (χ0) is 12.3. The summed E-state index contributed by atoms with van der Waals surface area (Å²) in [6.45, 7) is 4.08. The van der Waals surface area contributed by atoms with E-state index in [1.165, 1.54) is 11.3 Å². The van der Waals surface area contributed by atoms with Gasteiger partial charge in [0.05, 0.1) is 3.79 Å². The fourth-order valence-corrected chi connectivity index (χ4v) is 4.37. The first-order valence-corrected chi connectivity index (χ1v) is 7.93. The van der Waals surface area contributed by atoms with Crippen molar-refractivity contribution in [3.05, 3.63) is 15.4 Å². The van der Waals surface area contributed by atoms with Crippen LogP contribution >= 0.6 is 39.7 Å². The molecule has 4 nitrogen and oxygen atoms in total. The van der Waals surface area contributed by atoms with Gasteiger partial charge < -0.3 is 5.73 Å². The molecule has 1 rings (SSSR count). The smallest absolute Gasteiger partial charge is 0.250 e. The highest BCUT2D eigenvalue weighted by Crippen LogP contribution is 2.30. The van der Waals surface area contributed by atoms with Gasteiger partial charge in [0.15, 0.2) is 0 Å². The Kier molecular flexibility index (Phi) is 7.20. The fourth-order valence-electron chi connectivity index (χ4n) is 1.06. The van der Waals surface area contributed by atoms with E-state index in [2.05, 4.69) is 20.7 Å². The maximum Gasteiger partial charge on any atom is 0.250 e. The SMILES string of the molecule is Cc1cc(S(=O)(=O)NCCC(C)N)sc1Br.Cl. The van der Waals surface area contributed by atoms with Crippen molar-refractivity contribution in [1.82, 2.24) is 4.72 Å². The van der Waals surface area contributed by atoms with Crippen molar-refractivity contribution in [1.29, 1.82) is 0 Å². The van der Waals surface area contributed by atoms with Crippen molar-refractivity contribution in [2.75, 3.05) is 6.54 Å². The maximum atomic E-state index is 11.8. The molecule has 8 heteroatoms. The Hall–Kier alpha value is 0.340. The third kappa shape index (κ3) is 5.23. The number of nitrogens with one attached hydrogen (secondary N) is 1. The largest absolute Gasteiger partial charge is 0.328 e. The summed E-state index contributed by atoms with van der Waals surface area (Å²) in [5.74, 6) is 0. The average Bonchev–Trinajstić information content (AvgIpc) is 2.46. The van der Waals surface area contributed by atoms with Crippen molar-refractivity contribution in [3.8, 4) is 0 Å². The molecule has 3 N–H and O–H groups in total. The Labute approximate surface area is 121 Å². The molecule has 0 aromatic carbocycles. The van der Waals surface area contributed by atoms with Crippen LogP contribution < -0.4 is 10.5 Å². The second-order valence-electron chi connectivity index (χ2n) is 3.69. The molecule has 1 atom stereocenters. The summed E-state index contributed by atoms with van der Waals surface area (Å²) in [7, 11) is -3.37. The number of aryl methyl sites for hydroxylation is 1. The molecule has 1 aromatic heterocycles. The first-order chi connectivity index (χ1) is 7.33. The molecule has 1 unspecified atom stereocenters. The summed E-state index contributed by atoms with van der Waals surface area (Å²) >= 11 is 4.52. The predicted octanol–water partition coefficient (Wildman–Crippen LogP) is 2.26. The second kappa shape index (κ2) is 7.06. The monoisotopic (exact) mass is 362 g/mol. The number of nitrogens with two attached hydrogens (primary N) is 1. The Morgan fingerprint density at radius 3 is 2.59 bits per heavy atom.